The lowest BCUT2D eigenvalue weighted by molar-refractivity contribution is -0.124. The van der Waals surface area contributed by atoms with Crippen molar-refractivity contribution in [2.24, 2.45) is 0 Å². The molecule has 6 heteroatoms. The van der Waals surface area contributed by atoms with Crippen LogP contribution < -0.4 is 10.1 Å². The van der Waals surface area contributed by atoms with Gasteiger partial charge in [0, 0.05) is 13.7 Å². The largest absolute Gasteiger partial charge is 0.497 e. The minimum Gasteiger partial charge on any atom is -0.497 e. The van der Waals surface area contributed by atoms with E-state index in [4.69, 9.17) is 14.2 Å². The molecule has 0 atom stereocenters. The molecule has 6 nitrogen and oxygen atoms in total. The van der Waals surface area contributed by atoms with Crippen molar-refractivity contribution in [3.8, 4) is 5.75 Å². The standard InChI is InChI=1S/C19H21NO5/c1-23-12-14-6-8-16(9-7-14)19(22)25-13-18(21)20-11-15-4-3-5-17(10-15)24-2/h3-10H,11-13H2,1-2H3,(H,20,21). The first-order valence-electron chi connectivity index (χ1n) is 7.77. The van der Waals surface area contributed by atoms with E-state index in [0.717, 1.165) is 16.9 Å². The predicted octanol–water partition coefficient (Wildman–Crippen LogP) is 2.31. The van der Waals surface area contributed by atoms with Crippen molar-refractivity contribution in [3.05, 3.63) is 65.2 Å². The van der Waals surface area contributed by atoms with Gasteiger partial charge in [-0.2, -0.15) is 0 Å². The Labute approximate surface area is 146 Å². The third-order valence-corrected chi connectivity index (χ3v) is 3.46. The van der Waals surface area contributed by atoms with Gasteiger partial charge in [0.25, 0.3) is 5.91 Å². The summed E-state index contributed by atoms with van der Waals surface area (Å²) in [5.74, 6) is -0.192. The Hall–Kier alpha value is -2.86. The molecule has 0 unspecified atom stereocenters. The van der Waals surface area contributed by atoms with Gasteiger partial charge in [0.1, 0.15) is 5.75 Å². The van der Waals surface area contributed by atoms with E-state index in [1.807, 2.05) is 24.3 Å². The highest BCUT2D eigenvalue weighted by Gasteiger charge is 2.10. The maximum Gasteiger partial charge on any atom is 0.338 e. The number of carbonyl (C=O) groups excluding carboxylic acids is 2. The van der Waals surface area contributed by atoms with Gasteiger partial charge in [-0.25, -0.2) is 4.79 Å². The molecule has 0 bridgehead atoms. The molecule has 1 amide bonds. The van der Waals surface area contributed by atoms with Crippen LogP contribution in [0.3, 0.4) is 0 Å². The Morgan fingerprint density at radius 1 is 1.00 bits per heavy atom. The molecule has 0 aliphatic carbocycles. The maximum atomic E-state index is 11.9. The van der Waals surface area contributed by atoms with E-state index in [1.54, 1.807) is 38.5 Å². The number of hydrogen-bond donors (Lipinski definition) is 1. The molecule has 0 aromatic heterocycles. The van der Waals surface area contributed by atoms with Crippen LogP contribution in [0.4, 0.5) is 0 Å². The van der Waals surface area contributed by atoms with Crippen molar-refractivity contribution < 1.29 is 23.8 Å². The average molecular weight is 343 g/mol. The zero-order valence-electron chi connectivity index (χ0n) is 14.3. The molecule has 0 aliphatic rings. The molecule has 1 N–H and O–H groups in total. The quantitative estimate of drug-likeness (QED) is 0.745. The molecule has 0 spiro atoms. The lowest BCUT2D eigenvalue weighted by Gasteiger charge is -2.08. The van der Waals surface area contributed by atoms with Crippen molar-refractivity contribution in [3.63, 3.8) is 0 Å². The second-order valence-corrected chi connectivity index (χ2v) is 5.33. The van der Waals surface area contributed by atoms with Crippen LogP contribution in [0.15, 0.2) is 48.5 Å². The van der Waals surface area contributed by atoms with E-state index in [2.05, 4.69) is 5.32 Å². The maximum absolute atomic E-state index is 11.9. The Morgan fingerprint density at radius 3 is 2.44 bits per heavy atom. The van der Waals surface area contributed by atoms with Crippen molar-refractivity contribution in [1.82, 2.24) is 5.32 Å². The topological polar surface area (TPSA) is 73.9 Å². The molecule has 2 aromatic rings. The average Bonchev–Trinajstić information content (AvgIpc) is 2.65. The first kappa shape index (κ1) is 18.5. The Morgan fingerprint density at radius 2 is 1.76 bits per heavy atom. The number of amides is 1. The van der Waals surface area contributed by atoms with Crippen LogP contribution in [0, 0.1) is 0 Å². The van der Waals surface area contributed by atoms with E-state index in [1.165, 1.54) is 0 Å². The molecule has 0 saturated carbocycles. The first-order valence-corrected chi connectivity index (χ1v) is 7.77. The lowest BCUT2D eigenvalue weighted by atomic mass is 10.1. The smallest absolute Gasteiger partial charge is 0.338 e. The van der Waals surface area contributed by atoms with Gasteiger partial charge in [-0.05, 0) is 35.4 Å². The molecule has 0 saturated heterocycles. The SMILES string of the molecule is COCc1ccc(C(=O)OCC(=O)NCc2cccc(OC)c2)cc1. The van der Waals surface area contributed by atoms with Crippen LogP contribution in [0.2, 0.25) is 0 Å². The molecule has 0 heterocycles. The summed E-state index contributed by atoms with van der Waals surface area (Å²) in [7, 11) is 3.19. The van der Waals surface area contributed by atoms with Gasteiger partial charge >= 0.3 is 5.97 Å². The fourth-order valence-electron chi connectivity index (χ4n) is 2.15. The summed E-state index contributed by atoms with van der Waals surface area (Å²) < 4.78 is 15.1. The van der Waals surface area contributed by atoms with E-state index >= 15 is 0 Å². The molecule has 132 valence electrons. The monoisotopic (exact) mass is 343 g/mol. The highest BCUT2D eigenvalue weighted by atomic mass is 16.5. The van der Waals surface area contributed by atoms with Crippen LogP contribution in [0.5, 0.6) is 5.75 Å². The molecular weight excluding hydrogens is 322 g/mol. The Kier molecular flexibility index (Phi) is 6.98. The number of nitrogens with one attached hydrogen (secondary N) is 1. The second kappa shape index (κ2) is 9.44. The van der Waals surface area contributed by atoms with E-state index in [0.29, 0.717) is 18.7 Å². The summed E-state index contributed by atoms with van der Waals surface area (Å²) in [5, 5.41) is 2.69. The van der Waals surface area contributed by atoms with Crippen LogP contribution in [0.1, 0.15) is 21.5 Å². The normalized spacial score (nSPS) is 10.2. The summed E-state index contributed by atoms with van der Waals surface area (Å²) in [6.45, 7) is 0.476. The zero-order valence-corrected chi connectivity index (χ0v) is 14.3. The first-order chi connectivity index (χ1) is 12.1. The third-order valence-electron chi connectivity index (χ3n) is 3.46. The molecule has 2 rings (SSSR count). The van der Waals surface area contributed by atoms with Crippen molar-refractivity contribution in [2.45, 2.75) is 13.2 Å². The number of methoxy groups -OCH3 is 2. The van der Waals surface area contributed by atoms with Gasteiger partial charge in [0.05, 0.1) is 19.3 Å². The van der Waals surface area contributed by atoms with Crippen LogP contribution in [0.25, 0.3) is 0 Å². The van der Waals surface area contributed by atoms with Gasteiger partial charge in [0.2, 0.25) is 0 Å². The number of esters is 1. The molecule has 0 radical (unpaired) electrons. The lowest BCUT2D eigenvalue weighted by Crippen LogP contribution is -2.28. The van der Waals surface area contributed by atoms with Crippen molar-refractivity contribution >= 4 is 11.9 Å². The summed E-state index contributed by atoms with van der Waals surface area (Å²) in [6, 6.07) is 14.2. The van der Waals surface area contributed by atoms with E-state index in [-0.39, 0.29) is 12.5 Å². The zero-order chi connectivity index (χ0) is 18.1. The minimum atomic E-state index is -0.541. The van der Waals surface area contributed by atoms with Crippen molar-refractivity contribution in [2.75, 3.05) is 20.8 Å². The molecule has 2 aromatic carbocycles. The Balaban J connectivity index is 1.77. The van der Waals surface area contributed by atoms with Gasteiger partial charge in [-0.15, -0.1) is 0 Å². The van der Waals surface area contributed by atoms with Crippen LogP contribution in [-0.2, 0) is 27.4 Å². The minimum absolute atomic E-state index is 0.331. The fourth-order valence-corrected chi connectivity index (χ4v) is 2.15. The molecule has 0 aliphatic heterocycles. The molecule has 25 heavy (non-hydrogen) atoms. The van der Waals surface area contributed by atoms with Gasteiger partial charge in [-0.3, -0.25) is 4.79 Å². The van der Waals surface area contributed by atoms with Crippen LogP contribution in [-0.4, -0.2) is 32.7 Å². The van der Waals surface area contributed by atoms with Gasteiger partial charge < -0.3 is 19.5 Å². The highest BCUT2D eigenvalue weighted by Crippen LogP contribution is 2.12. The van der Waals surface area contributed by atoms with Gasteiger partial charge in [-0.1, -0.05) is 24.3 Å². The fraction of sp³-hybridized carbons (Fsp3) is 0.263. The van der Waals surface area contributed by atoms with Crippen molar-refractivity contribution in [1.29, 1.82) is 0 Å². The summed E-state index contributed by atoms with van der Waals surface area (Å²) in [6.07, 6.45) is 0. The number of rotatable bonds is 8. The number of hydrogen-bond acceptors (Lipinski definition) is 5. The third kappa shape index (κ3) is 5.93. The summed E-state index contributed by atoms with van der Waals surface area (Å²) in [4.78, 5) is 23.7. The predicted molar refractivity (Wildman–Crippen MR) is 92.3 cm³/mol. The highest BCUT2D eigenvalue weighted by molar-refractivity contribution is 5.91. The number of ether oxygens (including phenoxy) is 3. The molecular formula is C19H21NO5. The number of carbonyl (C=O) groups is 2. The van der Waals surface area contributed by atoms with Crippen LogP contribution >= 0.6 is 0 Å². The second-order valence-electron chi connectivity index (χ2n) is 5.33. The van der Waals surface area contributed by atoms with E-state index < -0.39 is 5.97 Å². The van der Waals surface area contributed by atoms with Gasteiger partial charge in [0.15, 0.2) is 6.61 Å². The molecule has 0 fully saturated rings. The number of benzene rings is 2. The summed E-state index contributed by atoms with van der Waals surface area (Å²) in [5.41, 5.74) is 2.24. The Bertz CT molecular complexity index is 712. The summed E-state index contributed by atoms with van der Waals surface area (Å²) >= 11 is 0. The van der Waals surface area contributed by atoms with E-state index in [9.17, 15) is 9.59 Å².